The van der Waals surface area contributed by atoms with Crippen LogP contribution < -0.4 is 20.1 Å². The SMILES string of the molecule is C[C@]1(c2ccc3c(c2)OCO3)NC(=O)N(CC(=O)NC2(C#N)CCCC2)C1=O. The number of nitrogens with zero attached hydrogens (tertiary/aromatic N) is 2. The van der Waals surface area contributed by atoms with Crippen LogP contribution in [0, 0.1) is 11.3 Å². The number of rotatable bonds is 4. The topological polar surface area (TPSA) is 121 Å². The number of fused-ring (bicyclic) bond motifs is 1. The van der Waals surface area contributed by atoms with Crippen LogP contribution in [0.5, 0.6) is 11.5 Å². The average Bonchev–Trinajstić information content (AvgIpc) is 3.38. The molecule has 1 aromatic rings. The van der Waals surface area contributed by atoms with E-state index in [0.717, 1.165) is 17.7 Å². The molecule has 1 aliphatic carbocycles. The smallest absolute Gasteiger partial charge is 0.325 e. The Morgan fingerprint density at radius 3 is 2.71 bits per heavy atom. The third kappa shape index (κ3) is 2.81. The van der Waals surface area contributed by atoms with Gasteiger partial charge in [-0.3, -0.25) is 14.5 Å². The van der Waals surface area contributed by atoms with Crippen molar-refractivity contribution in [1.82, 2.24) is 15.5 Å². The predicted molar refractivity (Wildman–Crippen MR) is 95.1 cm³/mol. The molecule has 1 atom stereocenters. The van der Waals surface area contributed by atoms with Crippen molar-refractivity contribution in [2.45, 2.75) is 43.7 Å². The van der Waals surface area contributed by atoms with Crippen LogP contribution in [0.2, 0.25) is 0 Å². The van der Waals surface area contributed by atoms with E-state index in [2.05, 4.69) is 16.7 Å². The fourth-order valence-corrected chi connectivity index (χ4v) is 3.94. The number of carbonyl (C=O) groups excluding carboxylic acids is 3. The number of carbonyl (C=O) groups is 3. The molecule has 9 heteroatoms. The number of hydrogen-bond donors (Lipinski definition) is 2. The van der Waals surface area contributed by atoms with Gasteiger partial charge in [-0.05, 0) is 50.3 Å². The van der Waals surface area contributed by atoms with Crippen molar-refractivity contribution in [2.75, 3.05) is 13.3 Å². The summed E-state index contributed by atoms with van der Waals surface area (Å²) in [6.07, 6.45) is 2.87. The lowest BCUT2D eigenvalue weighted by atomic mass is 9.91. The van der Waals surface area contributed by atoms with E-state index >= 15 is 0 Å². The van der Waals surface area contributed by atoms with Crippen molar-refractivity contribution in [3.63, 3.8) is 0 Å². The lowest BCUT2D eigenvalue weighted by Gasteiger charge is -2.24. The highest BCUT2D eigenvalue weighted by molar-refractivity contribution is 6.09. The van der Waals surface area contributed by atoms with Crippen LogP contribution >= 0.6 is 0 Å². The van der Waals surface area contributed by atoms with Crippen LogP contribution in [0.1, 0.15) is 38.2 Å². The van der Waals surface area contributed by atoms with Gasteiger partial charge in [0, 0.05) is 0 Å². The van der Waals surface area contributed by atoms with Crippen molar-refractivity contribution < 1.29 is 23.9 Å². The summed E-state index contributed by atoms with van der Waals surface area (Å²) in [6.45, 7) is 1.24. The third-order valence-corrected chi connectivity index (χ3v) is 5.58. The Labute approximate surface area is 161 Å². The second-order valence-electron chi connectivity index (χ2n) is 7.46. The fourth-order valence-electron chi connectivity index (χ4n) is 3.94. The minimum Gasteiger partial charge on any atom is -0.454 e. The number of nitriles is 1. The molecule has 2 N–H and O–H groups in total. The lowest BCUT2D eigenvalue weighted by molar-refractivity contribution is -0.135. The van der Waals surface area contributed by atoms with Gasteiger partial charge in [0.15, 0.2) is 11.5 Å². The molecule has 1 aromatic carbocycles. The molecule has 146 valence electrons. The predicted octanol–water partition coefficient (Wildman–Crippen LogP) is 1.13. The van der Waals surface area contributed by atoms with Crippen molar-refractivity contribution in [3.05, 3.63) is 23.8 Å². The zero-order valence-corrected chi connectivity index (χ0v) is 15.4. The molecule has 1 saturated carbocycles. The van der Waals surface area contributed by atoms with Crippen LogP contribution in [0.4, 0.5) is 4.79 Å². The van der Waals surface area contributed by atoms with E-state index in [-0.39, 0.29) is 6.79 Å². The zero-order chi connectivity index (χ0) is 19.9. The summed E-state index contributed by atoms with van der Waals surface area (Å²) in [5.41, 5.74) is -1.70. The Morgan fingerprint density at radius 2 is 2.00 bits per heavy atom. The molecule has 0 bridgehead atoms. The number of ether oxygens (including phenoxy) is 2. The Bertz CT molecular complexity index is 902. The molecule has 0 unspecified atom stereocenters. The van der Waals surface area contributed by atoms with Crippen LogP contribution in [0.25, 0.3) is 0 Å². The Hall–Kier alpha value is -3.28. The maximum Gasteiger partial charge on any atom is 0.325 e. The molecule has 2 fully saturated rings. The first-order valence-electron chi connectivity index (χ1n) is 9.13. The molecule has 1 saturated heterocycles. The molecule has 2 aliphatic heterocycles. The van der Waals surface area contributed by atoms with E-state index in [1.807, 2.05) is 0 Å². The van der Waals surface area contributed by atoms with Gasteiger partial charge in [0.1, 0.15) is 17.6 Å². The quantitative estimate of drug-likeness (QED) is 0.751. The van der Waals surface area contributed by atoms with Gasteiger partial charge in [0.25, 0.3) is 5.91 Å². The van der Waals surface area contributed by atoms with Gasteiger partial charge >= 0.3 is 6.03 Å². The van der Waals surface area contributed by atoms with Crippen LogP contribution in [0.15, 0.2) is 18.2 Å². The number of hydrogen-bond acceptors (Lipinski definition) is 6. The highest BCUT2D eigenvalue weighted by Gasteiger charge is 2.50. The minimum atomic E-state index is -1.32. The van der Waals surface area contributed by atoms with E-state index in [1.54, 1.807) is 25.1 Å². The highest BCUT2D eigenvalue weighted by atomic mass is 16.7. The first-order chi connectivity index (χ1) is 13.4. The zero-order valence-electron chi connectivity index (χ0n) is 15.4. The molecule has 0 spiro atoms. The summed E-state index contributed by atoms with van der Waals surface area (Å²) in [5, 5.41) is 14.7. The minimum absolute atomic E-state index is 0.0999. The summed E-state index contributed by atoms with van der Waals surface area (Å²) in [7, 11) is 0. The van der Waals surface area contributed by atoms with Crippen LogP contribution in [0.3, 0.4) is 0 Å². The molecule has 4 amide bonds. The van der Waals surface area contributed by atoms with Crippen molar-refractivity contribution in [2.24, 2.45) is 0 Å². The van der Waals surface area contributed by atoms with E-state index in [9.17, 15) is 19.6 Å². The molecule has 4 rings (SSSR count). The maximum atomic E-state index is 13.0. The summed E-state index contributed by atoms with van der Waals surface area (Å²) in [6, 6.07) is 6.51. The van der Waals surface area contributed by atoms with E-state index in [4.69, 9.17) is 9.47 Å². The van der Waals surface area contributed by atoms with Gasteiger partial charge in [0.05, 0.1) is 6.07 Å². The fraction of sp³-hybridized carbons (Fsp3) is 0.474. The first-order valence-corrected chi connectivity index (χ1v) is 9.13. The second-order valence-corrected chi connectivity index (χ2v) is 7.46. The highest BCUT2D eigenvalue weighted by Crippen LogP contribution is 2.38. The number of urea groups is 1. The third-order valence-electron chi connectivity index (χ3n) is 5.58. The van der Waals surface area contributed by atoms with E-state index < -0.39 is 35.5 Å². The summed E-state index contributed by atoms with van der Waals surface area (Å²) in [4.78, 5) is 38.7. The van der Waals surface area contributed by atoms with Gasteiger partial charge < -0.3 is 20.1 Å². The number of benzene rings is 1. The van der Waals surface area contributed by atoms with E-state index in [0.29, 0.717) is 29.9 Å². The molecular weight excluding hydrogens is 364 g/mol. The molecular formula is C19H20N4O5. The van der Waals surface area contributed by atoms with Gasteiger partial charge in [-0.25, -0.2) is 4.79 Å². The average molecular weight is 384 g/mol. The number of imide groups is 1. The largest absolute Gasteiger partial charge is 0.454 e. The monoisotopic (exact) mass is 384 g/mol. The summed E-state index contributed by atoms with van der Waals surface area (Å²) < 4.78 is 10.6. The normalized spacial score (nSPS) is 24.8. The van der Waals surface area contributed by atoms with Gasteiger partial charge in [0.2, 0.25) is 12.7 Å². The van der Waals surface area contributed by atoms with Crippen molar-refractivity contribution >= 4 is 17.8 Å². The summed E-state index contributed by atoms with van der Waals surface area (Å²) >= 11 is 0. The lowest BCUT2D eigenvalue weighted by Crippen LogP contribution is -2.50. The molecule has 0 radical (unpaired) electrons. The summed E-state index contributed by atoms with van der Waals surface area (Å²) in [5.74, 6) is -0.00119. The molecule has 0 aromatic heterocycles. The molecule has 3 aliphatic rings. The van der Waals surface area contributed by atoms with E-state index in [1.165, 1.54) is 0 Å². The molecule has 2 heterocycles. The molecule has 28 heavy (non-hydrogen) atoms. The standard InChI is InChI=1S/C19H20N4O5/c1-18(12-4-5-13-14(8-12)28-11-27-13)16(25)23(17(26)22-18)9-15(24)21-19(10-20)6-2-3-7-19/h4-5,8H,2-3,6-7,9,11H2,1H3,(H,21,24)(H,22,26)/t18-/m1/s1. The Kier molecular flexibility index (Phi) is 4.14. The van der Waals surface area contributed by atoms with Gasteiger partial charge in [-0.15, -0.1) is 0 Å². The van der Waals surface area contributed by atoms with Gasteiger partial charge in [-0.1, -0.05) is 6.07 Å². The molecule has 9 nitrogen and oxygen atoms in total. The Balaban J connectivity index is 1.51. The van der Waals surface area contributed by atoms with Crippen LogP contribution in [-0.4, -0.2) is 41.6 Å². The first kappa shape index (κ1) is 18.1. The van der Waals surface area contributed by atoms with Crippen LogP contribution in [-0.2, 0) is 15.1 Å². The van der Waals surface area contributed by atoms with Gasteiger partial charge in [-0.2, -0.15) is 5.26 Å². The van der Waals surface area contributed by atoms with Crippen molar-refractivity contribution in [3.8, 4) is 17.6 Å². The number of amides is 4. The van der Waals surface area contributed by atoms with Crippen molar-refractivity contribution in [1.29, 1.82) is 5.26 Å². The number of nitrogens with one attached hydrogen (secondary N) is 2. The maximum absolute atomic E-state index is 13.0. The Morgan fingerprint density at radius 1 is 1.29 bits per heavy atom. The second kappa shape index (κ2) is 6.41.